The van der Waals surface area contributed by atoms with Crippen molar-refractivity contribution in [2.75, 3.05) is 13.1 Å². The van der Waals surface area contributed by atoms with Gasteiger partial charge in [-0.25, -0.2) is 13.4 Å². The van der Waals surface area contributed by atoms with Crippen molar-refractivity contribution in [2.45, 2.75) is 68.9 Å². The SMILES string of the molecule is Cn1cnc(S(=O)(=O)N2CCC[C@H](C(=O)NC3CCCCCCC3)C2)c1. The number of hydrogen-bond donors (Lipinski definition) is 1. The zero-order valence-corrected chi connectivity index (χ0v) is 16.4. The molecular formula is C18H30N4O3S. The number of amides is 1. The summed E-state index contributed by atoms with van der Waals surface area (Å²) in [5.41, 5.74) is 0. The molecule has 1 aliphatic carbocycles. The normalized spacial score (nSPS) is 24.0. The van der Waals surface area contributed by atoms with Crippen molar-refractivity contribution in [2.24, 2.45) is 13.0 Å². The smallest absolute Gasteiger partial charge is 0.262 e. The van der Waals surface area contributed by atoms with Crippen molar-refractivity contribution in [1.82, 2.24) is 19.2 Å². The highest BCUT2D eigenvalue weighted by Gasteiger charge is 2.34. The second-order valence-electron chi connectivity index (χ2n) is 7.63. The molecular weight excluding hydrogens is 352 g/mol. The Morgan fingerprint density at radius 3 is 2.46 bits per heavy atom. The summed E-state index contributed by atoms with van der Waals surface area (Å²) in [6, 6.07) is 0.241. The molecule has 1 saturated carbocycles. The second-order valence-corrected chi connectivity index (χ2v) is 9.52. The van der Waals surface area contributed by atoms with Crippen LogP contribution in [0.3, 0.4) is 0 Å². The summed E-state index contributed by atoms with van der Waals surface area (Å²) >= 11 is 0. The van der Waals surface area contributed by atoms with E-state index < -0.39 is 10.0 Å². The lowest BCUT2D eigenvalue weighted by Crippen LogP contribution is -2.47. The number of nitrogens with zero attached hydrogens (tertiary/aromatic N) is 3. The average Bonchev–Trinajstić information content (AvgIpc) is 3.04. The first-order chi connectivity index (χ1) is 12.5. The molecule has 8 heteroatoms. The number of carbonyl (C=O) groups is 1. The first-order valence-electron chi connectivity index (χ1n) is 9.75. The molecule has 146 valence electrons. The second kappa shape index (κ2) is 8.52. The first-order valence-corrected chi connectivity index (χ1v) is 11.2. The van der Waals surface area contributed by atoms with E-state index in [1.165, 1.54) is 36.1 Å². The molecule has 1 saturated heterocycles. The Kier molecular flexibility index (Phi) is 6.34. The first kappa shape index (κ1) is 19.4. The minimum absolute atomic E-state index is 0.0106. The van der Waals surface area contributed by atoms with Crippen LogP contribution in [0, 0.1) is 5.92 Å². The summed E-state index contributed by atoms with van der Waals surface area (Å²) in [7, 11) is -1.89. The van der Waals surface area contributed by atoms with Crippen molar-refractivity contribution in [3.63, 3.8) is 0 Å². The third kappa shape index (κ3) is 4.65. The van der Waals surface area contributed by atoms with Gasteiger partial charge in [-0.15, -0.1) is 0 Å². The molecule has 2 aliphatic rings. The Labute approximate surface area is 156 Å². The zero-order valence-electron chi connectivity index (χ0n) is 15.6. The minimum Gasteiger partial charge on any atom is -0.353 e. The Balaban J connectivity index is 1.61. The Hall–Kier alpha value is -1.41. The van der Waals surface area contributed by atoms with Crippen LogP contribution in [-0.4, -0.2) is 47.3 Å². The molecule has 1 aromatic rings. The summed E-state index contributed by atoms with van der Waals surface area (Å²) < 4.78 is 28.6. The van der Waals surface area contributed by atoms with Crippen LogP contribution in [-0.2, 0) is 21.9 Å². The minimum atomic E-state index is -3.63. The van der Waals surface area contributed by atoms with Gasteiger partial charge in [0.25, 0.3) is 10.0 Å². The van der Waals surface area contributed by atoms with Gasteiger partial charge in [0.15, 0.2) is 5.03 Å². The van der Waals surface area contributed by atoms with Gasteiger partial charge in [-0.05, 0) is 25.7 Å². The maximum absolute atomic E-state index is 12.8. The van der Waals surface area contributed by atoms with E-state index in [1.807, 2.05) is 0 Å². The lowest BCUT2D eigenvalue weighted by atomic mass is 9.94. The van der Waals surface area contributed by atoms with Crippen LogP contribution < -0.4 is 5.32 Å². The predicted octanol–water partition coefficient (Wildman–Crippen LogP) is 2.05. The van der Waals surface area contributed by atoms with Gasteiger partial charge in [-0.1, -0.05) is 32.1 Å². The summed E-state index contributed by atoms with van der Waals surface area (Å²) in [6.45, 7) is 0.698. The van der Waals surface area contributed by atoms with E-state index in [0.717, 1.165) is 32.1 Å². The summed E-state index contributed by atoms with van der Waals surface area (Å²) in [5, 5.41) is 3.25. The third-order valence-corrected chi connectivity index (χ3v) is 7.24. The van der Waals surface area contributed by atoms with Crippen LogP contribution in [0.5, 0.6) is 0 Å². The van der Waals surface area contributed by atoms with E-state index >= 15 is 0 Å². The number of aryl methyl sites for hydroxylation is 1. The van der Waals surface area contributed by atoms with E-state index in [0.29, 0.717) is 13.0 Å². The molecule has 0 spiro atoms. The maximum atomic E-state index is 12.8. The Morgan fingerprint density at radius 2 is 1.81 bits per heavy atom. The van der Waals surface area contributed by atoms with Crippen LogP contribution in [0.15, 0.2) is 17.6 Å². The highest BCUT2D eigenvalue weighted by Crippen LogP contribution is 2.24. The Morgan fingerprint density at radius 1 is 1.12 bits per heavy atom. The molecule has 1 N–H and O–H groups in total. The Bertz CT molecular complexity index is 708. The van der Waals surface area contributed by atoms with Gasteiger partial charge >= 0.3 is 0 Å². The molecule has 2 heterocycles. The standard InChI is InChI=1S/C18H30N4O3S/c1-21-13-17(19-14-21)26(24,25)22-11-7-8-15(12-22)18(23)20-16-9-5-3-2-4-6-10-16/h13-16H,2-12H2,1H3,(H,20,23)/t15-/m0/s1. The number of carbonyl (C=O) groups excluding carboxylic acids is 1. The number of nitrogens with one attached hydrogen (secondary N) is 1. The third-order valence-electron chi connectivity index (χ3n) is 5.49. The zero-order chi connectivity index (χ0) is 18.6. The van der Waals surface area contributed by atoms with Gasteiger partial charge in [-0.3, -0.25) is 4.79 Å². The number of aromatic nitrogens is 2. The van der Waals surface area contributed by atoms with Crippen molar-refractivity contribution in [1.29, 1.82) is 0 Å². The maximum Gasteiger partial charge on any atom is 0.262 e. The van der Waals surface area contributed by atoms with E-state index in [2.05, 4.69) is 10.3 Å². The van der Waals surface area contributed by atoms with E-state index in [1.54, 1.807) is 11.6 Å². The molecule has 1 aliphatic heterocycles. The van der Waals surface area contributed by atoms with Crippen molar-refractivity contribution >= 4 is 15.9 Å². The van der Waals surface area contributed by atoms with Gasteiger partial charge in [0, 0.05) is 32.4 Å². The number of piperidine rings is 1. The van der Waals surface area contributed by atoms with Crippen LogP contribution >= 0.6 is 0 Å². The van der Waals surface area contributed by atoms with Gasteiger partial charge in [0.1, 0.15) is 0 Å². The summed E-state index contributed by atoms with van der Waals surface area (Å²) in [6.07, 6.45) is 12.6. The molecule has 0 bridgehead atoms. The highest BCUT2D eigenvalue weighted by molar-refractivity contribution is 7.89. The molecule has 2 fully saturated rings. The monoisotopic (exact) mass is 382 g/mol. The molecule has 7 nitrogen and oxygen atoms in total. The molecule has 26 heavy (non-hydrogen) atoms. The van der Waals surface area contributed by atoms with Gasteiger partial charge in [0.05, 0.1) is 12.2 Å². The molecule has 1 amide bonds. The fourth-order valence-electron chi connectivity index (χ4n) is 3.95. The molecule has 3 rings (SSSR count). The largest absolute Gasteiger partial charge is 0.353 e. The lowest BCUT2D eigenvalue weighted by Gasteiger charge is -2.32. The fourth-order valence-corrected chi connectivity index (χ4v) is 5.44. The number of hydrogen-bond acceptors (Lipinski definition) is 4. The lowest BCUT2D eigenvalue weighted by molar-refractivity contribution is -0.126. The van der Waals surface area contributed by atoms with Gasteiger partial charge in [-0.2, -0.15) is 4.31 Å². The molecule has 0 unspecified atom stereocenters. The number of rotatable bonds is 4. The van der Waals surface area contributed by atoms with Gasteiger partial charge in [0.2, 0.25) is 5.91 Å². The predicted molar refractivity (Wildman–Crippen MR) is 98.9 cm³/mol. The summed E-state index contributed by atoms with van der Waals surface area (Å²) in [4.78, 5) is 16.7. The molecule has 0 radical (unpaired) electrons. The van der Waals surface area contributed by atoms with Crippen LogP contribution in [0.1, 0.15) is 57.8 Å². The van der Waals surface area contributed by atoms with E-state index in [-0.39, 0.29) is 29.4 Å². The number of sulfonamides is 1. The van der Waals surface area contributed by atoms with E-state index in [4.69, 9.17) is 0 Å². The van der Waals surface area contributed by atoms with Crippen molar-refractivity contribution < 1.29 is 13.2 Å². The quantitative estimate of drug-likeness (QED) is 0.864. The molecule has 0 aromatic carbocycles. The molecule has 1 aromatic heterocycles. The van der Waals surface area contributed by atoms with Crippen LogP contribution in [0.4, 0.5) is 0 Å². The summed E-state index contributed by atoms with van der Waals surface area (Å²) in [5.74, 6) is -0.260. The average molecular weight is 383 g/mol. The van der Waals surface area contributed by atoms with Crippen molar-refractivity contribution in [3.8, 4) is 0 Å². The van der Waals surface area contributed by atoms with Crippen LogP contribution in [0.2, 0.25) is 0 Å². The fraction of sp³-hybridized carbons (Fsp3) is 0.778. The highest BCUT2D eigenvalue weighted by atomic mass is 32.2. The van der Waals surface area contributed by atoms with Gasteiger partial charge < -0.3 is 9.88 Å². The molecule has 1 atom stereocenters. The number of imidazole rings is 1. The van der Waals surface area contributed by atoms with Crippen molar-refractivity contribution in [3.05, 3.63) is 12.5 Å². The topological polar surface area (TPSA) is 84.3 Å². The van der Waals surface area contributed by atoms with E-state index in [9.17, 15) is 13.2 Å². The van der Waals surface area contributed by atoms with Crippen LogP contribution in [0.25, 0.3) is 0 Å².